The van der Waals surface area contributed by atoms with Crippen molar-refractivity contribution in [2.24, 2.45) is 0 Å². The van der Waals surface area contributed by atoms with Crippen LogP contribution in [0.1, 0.15) is 22.9 Å². The largest absolute Gasteiger partial charge is 0.443 e. The lowest BCUT2D eigenvalue weighted by Crippen LogP contribution is -2.06. The first-order valence-corrected chi connectivity index (χ1v) is 6.64. The maximum Gasteiger partial charge on any atom is 0.443 e. The van der Waals surface area contributed by atoms with E-state index in [4.69, 9.17) is 0 Å². The number of aromatic nitrogens is 1. The molecule has 0 radical (unpaired) electrons. The van der Waals surface area contributed by atoms with Gasteiger partial charge in [0.25, 0.3) is 10.1 Å². The second-order valence-electron chi connectivity index (χ2n) is 3.01. The fourth-order valence-electron chi connectivity index (χ4n) is 0.915. The van der Waals surface area contributed by atoms with E-state index in [9.17, 15) is 21.6 Å². The SMILES string of the molecule is CC(OS(C)(=O)=O)c1cnc(C(F)(F)F)s1. The van der Waals surface area contributed by atoms with Gasteiger partial charge in [-0.25, -0.2) is 4.98 Å². The molecular weight excluding hydrogens is 267 g/mol. The third-order valence-corrected chi connectivity index (χ3v) is 3.33. The Bertz CT molecular complexity index is 465. The van der Waals surface area contributed by atoms with E-state index < -0.39 is 27.4 Å². The van der Waals surface area contributed by atoms with Gasteiger partial charge in [-0.3, -0.25) is 4.18 Å². The maximum atomic E-state index is 12.2. The van der Waals surface area contributed by atoms with Crippen LogP contribution in [0, 0.1) is 0 Å². The third-order valence-electron chi connectivity index (χ3n) is 1.49. The van der Waals surface area contributed by atoms with Gasteiger partial charge in [-0.1, -0.05) is 0 Å². The monoisotopic (exact) mass is 275 g/mol. The molecule has 0 aromatic carbocycles. The summed E-state index contributed by atoms with van der Waals surface area (Å²) in [5.41, 5.74) is 0. The van der Waals surface area contributed by atoms with Crippen molar-refractivity contribution in [3.63, 3.8) is 0 Å². The molecule has 4 nitrogen and oxygen atoms in total. The van der Waals surface area contributed by atoms with Crippen LogP contribution in [-0.4, -0.2) is 19.7 Å². The Kier molecular flexibility index (Phi) is 3.60. The summed E-state index contributed by atoms with van der Waals surface area (Å²) in [5, 5.41) is -1.02. The predicted octanol–water partition coefficient (Wildman–Crippen LogP) is 2.20. The average Bonchev–Trinajstić information content (AvgIpc) is 2.46. The zero-order chi connectivity index (χ0) is 12.6. The highest BCUT2D eigenvalue weighted by molar-refractivity contribution is 7.86. The van der Waals surface area contributed by atoms with Crippen LogP contribution < -0.4 is 0 Å². The Balaban J connectivity index is 2.87. The summed E-state index contributed by atoms with van der Waals surface area (Å²) in [5.74, 6) is 0. The molecule has 1 heterocycles. The van der Waals surface area contributed by atoms with E-state index >= 15 is 0 Å². The van der Waals surface area contributed by atoms with Crippen LogP contribution >= 0.6 is 11.3 Å². The molecule has 1 atom stereocenters. The first-order valence-electron chi connectivity index (χ1n) is 4.01. The third kappa shape index (κ3) is 3.72. The van der Waals surface area contributed by atoms with Crippen molar-refractivity contribution in [3.8, 4) is 0 Å². The van der Waals surface area contributed by atoms with E-state index in [0.717, 1.165) is 12.5 Å². The second-order valence-corrected chi connectivity index (χ2v) is 5.67. The molecule has 0 bridgehead atoms. The van der Waals surface area contributed by atoms with Crippen molar-refractivity contribution in [1.82, 2.24) is 4.98 Å². The molecule has 0 saturated carbocycles. The lowest BCUT2D eigenvalue weighted by molar-refractivity contribution is -0.137. The summed E-state index contributed by atoms with van der Waals surface area (Å²) in [4.78, 5) is 3.27. The summed E-state index contributed by atoms with van der Waals surface area (Å²) in [6.45, 7) is 1.34. The maximum absolute atomic E-state index is 12.2. The molecule has 0 aliphatic heterocycles. The Labute approximate surface area is 94.2 Å². The van der Waals surface area contributed by atoms with Crippen molar-refractivity contribution in [1.29, 1.82) is 0 Å². The summed E-state index contributed by atoms with van der Waals surface area (Å²) in [7, 11) is -3.70. The van der Waals surface area contributed by atoms with Crippen LogP contribution in [0.15, 0.2) is 6.20 Å². The zero-order valence-corrected chi connectivity index (χ0v) is 9.91. The van der Waals surface area contributed by atoms with Crippen molar-refractivity contribution in [2.45, 2.75) is 19.2 Å². The highest BCUT2D eigenvalue weighted by Gasteiger charge is 2.35. The normalized spacial score (nSPS) is 15.1. The van der Waals surface area contributed by atoms with Crippen molar-refractivity contribution < 1.29 is 25.8 Å². The number of hydrogen-bond donors (Lipinski definition) is 0. The molecule has 1 aromatic rings. The van der Waals surface area contributed by atoms with Crippen LogP contribution in [0.5, 0.6) is 0 Å². The van der Waals surface area contributed by atoms with Gasteiger partial charge in [0.05, 0.1) is 11.1 Å². The van der Waals surface area contributed by atoms with Crippen molar-refractivity contribution in [3.05, 3.63) is 16.1 Å². The van der Waals surface area contributed by atoms with Gasteiger partial charge < -0.3 is 0 Å². The van der Waals surface area contributed by atoms with Gasteiger partial charge in [0.2, 0.25) is 0 Å². The van der Waals surface area contributed by atoms with Gasteiger partial charge >= 0.3 is 6.18 Å². The van der Waals surface area contributed by atoms with E-state index in [2.05, 4.69) is 9.17 Å². The molecule has 1 aromatic heterocycles. The Morgan fingerprint density at radius 3 is 2.44 bits per heavy atom. The van der Waals surface area contributed by atoms with Gasteiger partial charge in [-0.2, -0.15) is 21.6 Å². The zero-order valence-electron chi connectivity index (χ0n) is 8.28. The molecule has 0 spiro atoms. The molecule has 92 valence electrons. The number of rotatable bonds is 3. The molecule has 0 aliphatic rings. The van der Waals surface area contributed by atoms with E-state index in [1.165, 1.54) is 6.92 Å². The standard InChI is InChI=1S/C7H8F3NO3S2/c1-4(14-16(2,12)13)5-3-11-6(15-5)7(8,9)10/h3-4H,1-2H3. The van der Waals surface area contributed by atoms with Crippen LogP contribution in [0.2, 0.25) is 0 Å². The summed E-state index contributed by atoms with van der Waals surface area (Å²) in [6.07, 6.45) is -3.70. The van der Waals surface area contributed by atoms with E-state index in [1.807, 2.05) is 0 Å². The molecular formula is C7H8F3NO3S2. The summed E-state index contributed by atoms with van der Waals surface area (Å²) < 4.78 is 62.6. The van der Waals surface area contributed by atoms with E-state index in [-0.39, 0.29) is 4.88 Å². The fraction of sp³-hybridized carbons (Fsp3) is 0.571. The molecule has 0 amide bonds. The minimum atomic E-state index is -4.52. The Morgan fingerprint density at radius 1 is 1.50 bits per heavy atom. The van der Waals surface area contributed by atoms with Crippen LogP contribution in [0.4, 0.5) is 13.2 Å². The number of thiazole rings is 1. The topological polar surface area (TPSA) is 56.3 Å². The van der Waals surface area contributed by atoms with Gasteiger partial charge in [0.1, 0.15) is 6.10 Å². The molecule has 1 unspecified atom stereocenters. The van der Waals surface area contributed by atoms with Crippen molar-refractivity contribution in [2.75, 3.05) is 6.26 Å². The minimum absolute atomic E-state index is 0.109. The van der Waals surface area contributed by atoms with Crippen LogP contribution in [0.3, 0.4) is 0 Å². The van der Waals surface area contributed by atoms with Crippen LogP contribution in [-0.2, 0) is 20.5 Å². The first kappa shape index (κ1) is 13.4. The quantitative estimate of drug-likeness (QED) is 0.793. The Morgan fingerprint density at radius 2 is 2.06 bits per heavy atom. The van der Waals surface area contributed by atoms with Crippen LogP contribution in [0.25, 0.3) is 0 Å². The van der Waals surface area contributed by atoms with Gasteiger partial charge in [-0.15, -0.1) is 11.3 Å². The molecule has 16 heavy (non-hydrogen) atoms. The molecule has 0 fully saturated rings. The molecule has 9 heteroatoms. The number of halogens is 3. The average molecular weight is 275 g/mol. The van der Waals surface area contributed by atoms with E-state index in [0.29, 0.717) is 11.3 Å². The van der Waals surface area contributed by atoms with Crippen molar-refractivity contribution >= 4 is 21.5 Å². The smallest absolute Gasteiger partial charge is 0.262 e. The van der Waals surface area contributed by atoms with E-state index in [1.54, 1.807) is 0 Å². The molecule has 1 rings (SSSR count). The molecule has 0 N–H and O–H groups in total. The lowest BCUT2D eigenvalue weighted by atomic mass is 10.4. The minimum Gasteiger partial charge on any atom is -0.262 e. The molecule has 0 saturated heterocycles. The summed E-state index contributed by atoms with van der Waals surface area (Å²) in [6, 6.07) is 0. The predicted molar refractivity (Wildman–Crippen MR) is 51.5 cm³/mol. The fourth-order valence-corrected chi connectivity index (χ4v) is 2.37. The number of nitrogens with zero attached hydrogens (tertiary/aromatic N) is 1. The first-order chi connectivity index (χ1) is 7.09. The van der Waals surface area contributed by atoms with Gasteiger partial charge in [0.15, 0.2) is 5.01 Å². The Hall–Kier alpha value is -0.670. The molecule has 0 aliphatic carbocycles. The lowest BCUT2D eigenvalue weighted by Gasteiger charge is -2.07. The number of alkyl halides is 3. The van der Waals surface area contributed by atoms with Gasteiger partial charge in [0, 0.05) is 6.20 Å². The second kappa shape index (κ2) is 4.30. The number of hydrogen-bond acceptors (Lipinski definition) is 5. The highest BCUT2D eigenvalue weighted by atomic mass is 32.2. The van der Waals surface area contributed by atoms with Gasteiger partial charge in [-0.05, 0) is 6.92 Å². The summed E-state index contributed by atoms with van der Waals surface area (Å²) >= 11 is 0.363. The highest BCUT2D eigenvalue weighted by Crippen LogP contribution is 2.35.